The van der Waals surface area contributed by atoms with Crippen molar-refractivity contribution in [1.29, 1.82) is 0 Å². The minimum atomic E-state index is -1.02. The molecule has 2 amide bonds. The lowest BCUT2D eigenvalue weighted by molar-refractivity contribution is 0.0691. The van der Waals surface area contributed by atoms with Crippen LogP contribution in [0.25, 0.3) is 0 Å². The van der Waals surface area contributed by atoms with Gasteiger partial charge in [0.2, 0.25) is 0 Å². The van der Waals surface area contributed by atoms with Crippen LogP contribution < -0.4 is 5.32 Å². The van der Waals surface area contributed by atoms with E-state index in [4.69, 9.17) is 5.11 Å². The standard InChI is InChI=1S/C12H17N3O3S/c1-8-3-2-6-15(8)12(18)13-5-4-10-14-9(7-19-10)11(16)17/h7-8H,2-6H2,1H3,(H,13,18)(H,16,17). The van der Waals surface area contributed by atoms with E-state index in [1.165, 1.54) is 16.7 Å². The maximum Gasteiger partial charge on any atom is 0.355 e. The van der Waals surface area contributed by atoms with Gasteiger partial charge in [-0.15, -0.1) is 11.3 Å². The molecule has 19 heavy (non-hydrogen) atoms. The van der Waals surface area contributed by atoms with Crippen molar-refractivity contribution in [3.8, 4) is 0 Å². The molecular formula is C12H17N3O3S. The predicted molar refractivity (Wildman–Crippen MR) is 71.6 cm³/mol. The molecule has 1 fully saturated rings. The Morgan fingerprint density at radius 3 is 3.00 bits per heavy atom. The molecule has 1 atom stereocenters. The summed E-state index contributed by atoms with van der Waals surface area (Å²) in [6.45, 7) is 3.34. The smallest absolute Gasteiger partial charge is 0.355 e. The van der Waals surface area contributed by atoms with E-state index in [0.717, 1.165) is 24.4 Å². The molecule has 0 bridgehead atoms. The number of thiazole rings is 1. The number of hydrogen-bond acceptors (Lipinski definition) is 4. The molecule has 0 aliphatic carbocycles. The van der Waals surface area contributed by atoms with Gasteiger partial charge in [-0.1, -0.05) is 0 Å². The average molecular weight is 283 g/mol. The molecule has 1 saturated heterocycles. The SMILES string of the molecule is CC1CCCN1C(=O)NCCc1nc(C(=O)O)cs1. The van der Waals surface area contributed by atoms with Crippen LogP contribution in [0.3, 0.4) is 0 Å². The lowest BCUT2D eigenvalue weighted by atomic mass is 10.2. The van der Waals surface area contributed by atoms with Gasteiger partial charge in [-0.2, -0.15) is 0 Å². The molecule has 1 aliphatic heterocycles. The van der Waals surface area contributed by atoms with Crippen LogP contribution in [0.5, 0.6) is 0 Å². The Labute approximate surface area is 115 Å². The number of carboxylic acids is 1. The van der Waals surface area contributed by atoms with Crippen molar-refractivity contribution in [2.75, 3.05) is 13.1 Å². The number of aromatic nitrogens is 1. The lowest BCUT2D eigenvalue weighted by Gasteiger charge is -2.21. The monoisotopic (exact) mass is 283 g/mol. The van der Waals surface area contributed by atoms with Crippen molar-refractivity contribution >= 4 is 23.3 Å². The summed E-state index contributed by atoms with van der Waals surface area (Å²) < 4.78 is 0. The van der Waals surface area contributed by atoms with Gasteiger partial charge in [-0.25, -0.2) is 14.6 Å². The van der Waals surface area contributed by atoms with E-state index in [1.807, 2.05) is 11.8 Å². The van der Waals surface area contributed by atoms with E-state index in [-0.39, 0.29) is 11.7 Å². The highest BCUT2D eigenvalue weighted by Crippen LogP contribution is 2.16. The van der Waals surface area contributed by atoms with Crippen LogP contribution in [0.4, 0.5) is 4.79 Å². The maximum atomic E-state index is 11.9. The molecule has 1 aliphatic rings. The zero-order valence-electron chi connectivity index (χ0n) is 10.8. The molecule has 1 aromatic heterocycles. The van der Waals surface area contributed by atoms with E-state index in [0.29, 0.717) is 19.0 Å². The lowest BCUT2D eigenvalue weighted by Crippen LogP contribution is -2.42. The van der Waals surface area contributed by atoms with Crippen molar-refractivity contribution < 1.29 is 14.7 Å². The van der Waals surface area contributed by atoms with Crippen molar-refractivity contribution in [2.45, 2.75) is 32.2 Å². The van der Waals surface area contributed by atoms with Crippen LogP contribution in [-0.2, 0) is 6.42 Å². The topological polar surface area (TPSA) is 82.5 Å². The highest BCUT2D eigenvalue weighted by atomic mass is 32.1. The number of nitrogens with zero attached hydrogens (tertiary/aromatic N) is 2. The number of amides is 2. The number of nitrogens with one attached hydrogen (secondary N) is 1. The molecule has 0 aromatic carbocycles. The highest BCUT2D eigenvalue weighted by molar-refractivity contribution is 7.09. The summed E-state index contributed by atoms with van der Waals surface area (Å²) >= 11 is 1.31. The van der Waals surface area contributed by atoms with Crippen LogP contribution >= 0.6 is 11.3 Å². The molecule has 7 heteroatoms. The number of aromatic carboxylic acids is 1. The van der Waals surface area contributed by atoms with Crippen LogP contribution in [0.2, 0.25) is 0 Å². The molecule has 0 saturated carbocycles. The summed E-state index contributed by atoms with van der Waals surface area (Å²) in [5.74, 6) is -1.02. The molecule has 2 heterocycles. The van der Waals surface area contributed by atoms with Gasteiger partial charge in [-0.05, 0) is 19.8 Å². The van der Waals surface area contributed by atoms with Crippen molar-refractivity contribution in [3.63, 3.8) is 0 Å². The summed E-state index contributed by atoms with van der Waals surface area (Å²) in [6, 6.07) is 0.262. The summed E-state index contributed by atoms with van der Waals surface area (Å²) in [5.41, 5.74) is 0.0690. The molecule has 104 valence electrons. The molecular weight excluding hydrogens is 266 g/mol. The van der Waals surface area contributed by atoms with Gasteiger partial charge in [0.1, 0.15) is 0 Å². The van der Waals surface area contributed by atoms with Gasteiger partial charge in [-0.3, -0.25) is 0 Å². The summed E-state index contributed by atoms with van der Waals surface area (Å²) in [5, 5.41) is 13.8. The van der Waals surface area contributed by atoms with Crippen LogP contribution in [0, 0.1) is 0 Å². The number of urea groups is 1. The number of hydrogen-bond donors (Lipinski definition) is 2. The van der Waals surface area contributed by atoms with E-state index < -0.39 is 5.97 Å². The Morgan fingerprint density at radius 2 is 2.42 bits per heavy atom. The molecule has 0 spiro atoms. The number of carbonyl (C=O) groups is 2. The Morgan fingerprint density at radius 1 is 1.63 bits per heavy atom. The van der Waals surface area contributed by atoms with E-state index in [2.05, 4.69) is 10.3 Å². The van der Waals surface area contributed by atoms with Crippen LogP contribution in [0.15, 0.2) is 5.38 Å². The number of likely N-dealkylation sites (tertiary alicyclic amines) is 1. The fourth-order valence-electron chi connectivity index (χ4n) is 2.14. The summed E-state index contributed by atoms with van der Waals surface area (Å²) in [7, 11) is 0. The van der Waals surface area contributed by atoms with Gasteiger partial charge in [0, 0.05) is 30.9 Å². The second-order valence-corrected chi connectivity index (χ2v) is 5.54. The maximum absolute atomic E-state index is 11.9. The first kappa shape index (κ1) is 13.8. The zero-order chi connectivity index (χ0) is 13.8. The normalized spacial score (nSPS) is 18.6. The number of carboxylic acid groups (broad SMARTS) is 1. The third kappa shape index (κ3) is 3.44. The molecule has 1 aromatic rings. The predicted octanol–water partition coefficient (Wildman–Crippen LogP) is 1.58. The van der Waals surface area contributed by atoms with Crippen LogP contribution in [-0.4, -0.2) is 46.1 Å². The molecule has 0 radical (unpaired) electrons. The first-order valence-electron chi connectivity index (χ1n) is 6.30. The average Bonchev–Trinajstić information content (AvgIpc) is 2.97. The highest BCUT2D eigenvalue weighted by Gasteiger charge is 2.24. The van der Waals surface area contributed by atoms with Crippen molar-refractivity contribution in [1.82, 2.24) is 15.2 Å². The quantitative estimate of drug-likeness (QED) is 0.879. The number of carbonyl (C=O) groups excluding carboxylic acids is 1. The van der Waals surface area contributed by atoms with Gasteiger partial charge < -0.3 is 15.3 Å². The zero-order valence-corrected chi connectivity index (χ0v) is 11.6. The number of rotatable bonds is 4. The first-order valence-corrected chi connectivity index (χ1v) is 7.18. The van der Waals surface area contributed by atoms with E-state index in [1.54, 1.807) is 0 Å². The largest absolute Gasteiger partial charge is 0.476 e. The second kappa shape index (κ2) is 6.01. The Hall–Kier alpha value is -1.63. The minimum Gasteiger partial charge on any atom is -0.476 e. The Kier molecular flexibility index (Phi) is 4.36. The third-order valence-corrected chi connectivity index (χ3v) is 4.11. The van der Waals surface area contributed by atoms with Gasteiger partial charge in [0.15, 0.2) is 5.69 Å². The Bertz CT molecular complexity index is 475. The fourth-order valence-corrected chi connectivity index (χ4v) is 2.91. The summed E-state index contributed by atoms with van der Waals surface area (Å²) in [6.07, 6.45) is 2.68. The third-order valence-electron chi connectivity index (χ3n) is 3.20. The van der Waals surface area contributed by atoms with E-state index in [9.17, 15) is 9.59 Å². The van der Waals surface area contributed by atoms with E-state index >= 15 is 0 Å². The molecule has 1 unspecified atom stereocenters. The minimum absolute atomic E-state index is 0.0417. The second-order valence-electron chi connectivity index (χ2n) is 4.60. The van der Waals surface area contributed by atoms with Crippen molar-refractivity contribution in [3.05, 3.63) is 16.1 Å². The van der Waals surface area contributed by atoms with Gasteiger partial charge in [0.05, 0.1) is 5.01 Å². The molecule has 2 N–H and O–H groups in total. The first-order chi connectivity index (χ1) is 9.08. The van der Waals surface area contributed by atoms with Crippen molar-refractivity contribution in [2.24, 2.45) is 0 Å². The van der Waals surface area contributed by atoms with Crippen LogP contribution in [0.1, 0.15) is 35.3 Å². The summed E-state index contributed by atoms with van der Waals surface area (Å²) in [4.78, 5) is 28.3. The molecule has 6 nitrogen and oxygen atoms in total. The fraction of sp³-hybridized carbons (Fsp3) is 0.583. The molecule has 2 rings (SSSR count). The van der Waals surface area contributed by atoms with Gasteiger partial charge in [0.25, 0.3) is 0 Å². The Balaban J connectivity index is 1.76. The van der Waals surface area contributed by atoms with Gasteiger partial charge >= 0.3 is 12.0 Å².